The fraction of sp³-hybridized carbons (Fsp3) is 0.643. The van der Waals surface area contributed by atoms with Gasteiger partial charge in [0.25, 0.3) is 0 Å². The van der Waals surface area contributed by atoms with Gasteiger partial charge in [-0.3, -0.25) is 4.79 Å². The van der Waals surface area contributed by atoms with Gasteiger partial charge in [0.15, 0.2) is 0 Å². The molecule has 0 aromatic rings. The first-order valence-corrected chi connectivity index (χ1v) is 8.08. The van der Waals surface area contributed by atoms with E-state index in [2.05, 4.69) is 5.32 Å². The topological polar surface area (TPSA) is 92.8 Å². The Hall–Kier alpha value is -1.79. The number of carbonyl (C=O) groups excluding carboxylic acids is 4. The average molecular weight is 328 g/mol. The molecule has 2 heterocycles. The van der Waals surface area contributed by atoms with E-state index >= 15 is 0 Å². The van der Waals surface area contributed by atoms with Gasteiger partial charge in [-0.1, -0.05) is 0 Å². The number of nitrogens with one attached hydrogen (secondary N) is 1. The molecule has 22 heavy (non-hydrogen) atoms. The van der Waals surface area contributed by atoms with E-state index in [9.17, 15) is 9.59 Å². The highest BCUT2D eigenvalue weighted by atomic mass is 32.2. The molecule has 0 radical (unpaired) electrons. The molecule has 1 saturated heterocycles. The number of esters is 1. The molecule has 1 N–H and O–H groups in total. The van der Waals surface area contributed by atoms with Crippen LogP contribution >= 0.6 is 11.8 Å². The van der Waals surface area contributed by atoms with Crippen LogP contribution in [0.3, 0.4) is 0 Å². The Balaban J connectivity index is 0.000000745. The smallest absolute Gasteiger partial charge is 0.373 e. The van der Waals surface area contributed by atoms with E-state index in [4.69, 9.17) is 14.3 Å². The van der Waals surface area contributed by atoms with Crippen LogP contribution in [0.5, 0.6) is 0 Å². The average Bonchev–Trinajstić information content (AvgIpc) is 2.94. The molecule has 0 spiro atoms. The highest BCUT2D eigenvalue weighted by Gasteiger charge is 2.30. The number of hydrogen-bond acceptors (Lipinski definition) is 7. The summed E-state index contributed by atoms with van der Waals surface area (Å²) in [6.45, 7) is 5.07. The van der Waals surface area contributed by atoms with Crippen molar-refractivity contribution in [1.29, 1.82) is 0 Å². The fourth-order valence-corrected chi connectivity index (χ4v) is 3.42. The summed E-state index contributed by atoms with van der Waals surface area (Å²) in [6.07, 6.45) is 3.70. The maximum atomic E-state index is 11.7. The van der Waals surface area contributed by atoms with Crippen LogP contribution in [0.2, 0.25) is 0 Å². The number of nitrogens with zero attached hydrogens (tertiary/aromatic N) is 1. The number of rotatable bonds is 4. The third-order valence-electron chi connectivity index (χ3n) is 3.40. The van der Waals surface area contributed by atoms with Crippen molar-refractivity contribution < 1.29 is 23.9 Å². The molecule has 122 valence electrons. The maximum Gasteiger partial charge on any atom is 0.373 e. The van der Waals surface area contributed by atoms with E-state index < -0.39 is 0 Å². The van der Waals surface area contributed by atoms with Gasteiger partial charge >= 0.3 is 12.1 Å². The molecule has 8 heteroatoms. The number of carbonyl (C=O) groups is 2. The molecule has 7 nitrogen and oxygen atoms in total. The third-order valence-corrected chi connectivity index (χ3v) is 4.70. The summed E-state index contributed by atoms with van der Waals surface area (Å²) in [5.41, 5.74) is 0. The third kappa shape index (κ3) is 4.89. The summed E-state index contributed by atoms with van der Waals surface area (Å²) >= 11 is 1.63. The SMILES string of the molecule is CCOC(=O)[C@@H]1CSC(C(C)N2CCCC2=O)=CN1.O=C=O. The molecule has 0 aromatic heterocycles. The van der Waals surface area contributed by atoms with Crippen molar-refractivity contribution in [2.24, 2.45) is 0 Å². The quantitative estimate of drug-likeness (QED) is 0.752. The van der Waals surface area contributed by atoms with Crippen molar-refractivity contribution in [3.8, 4) is 0 Å². The first-order valence-electron chi connectivity index (χ1n) is 7.09. The summed E-state index contributed by atoms with van der Waals surface area (Å²) in [4.78, 5) is 42.6. The Morgan fingerprint density at radius 1 is 1.59 bits per heavy atom. The van der Waals surface area contributed by atoms with E-state index in [0.29, 0.717) is 18.8 Å². The lowest BCUT2D eigenvalue weighted by atomic mass is 10.2. The summed E-state index contributed by atoms with van der Waals surface area (Å²) < 4.78 is 4.99. The van der Waals surface area contributed by atoms with Gasteiger partial charge < -0.3 is 15.0 Å². The number of hydrogen-bond donors (Lipinski definition) is 1. The minimum absolute atomic E-state index is 0.0932. The van der Waals surface area contributed by atoms with Crippen LogP contribution in [0.15, 0.2) is 11.1 Å². The molecule has 2 atom stereocenters. The number of amides is 1. The van der Waals surface area contributed by atoms with Crippen molar-refractivity contribution in [2.45, 2.75) is 38.8 Å². The first kappa shape index (κ1) is 18.3. The van der Waals surface area contributed by atoms with Crippen molar-refractivity contribution in [3.05, 3.63) is 11.1 Å². The molecule has 2 aliphatic heterocycles. The van der Waals surface area contributed by atoms with Gasteiger partial charge in [-0.2, -0.15) is 9.59 Å². The Labute approximate surface area is 133 Å². The highest BCUT2D eigenvalue weighted by molar-refractivity contribution is 8.03. The van der Waals surface area contributed by atoms with Gasteiger partial charge in [0.2, 0.25) is 5.91 Å². The summed E-state index contributed by atoms with van der Waals surface area (Å²) in [5, 5.41) is 3.08. The molecular formula is C14H20N2O5S. The Bertz CT molecular complexity index is 474. The zero-order chi connectivity index (χ0) is 16.5. The van der Waals surface area contributed by atoms with Crippen LogP contribution in [0, 0.1) is 0 Å². The van der Waals surface area contributed by atoms with Gasteiger partial charge in [0.1, 0.15) is 6.04 Å². The minimum Gasteiger partial charge on any atom is -0.464 e. The van der Waals surface area contributed by atoms with E-state index in [1.807, 2.05) is 18.0 Å². The largest absolute Gasteiger partial charge is 0.464 e. The molecule has 1 fully saturated rings. The van der Waals surface area contributed by atoms with Gasteiger partial charge in [-0.25, -0.2) is 4.79 Å². The predicted octanol–water partition coefficient (Wildman–Crippen LogP) is 0.523. The maximum absolute atomic E-state index is 11.7. The number of likely N-dealkylation sites (tertiary alicyclic amines) is 1. The van der Waals surface area contributed by atoms with E-state index in [1.54, 1.807) is 18.7 Å². The van der Waals surface area contributed by atoms with Crippen LogP contribution in [0.1, 0.15) is 26.7 Å². The Morgan fingerprint density at radius 3 is 2.73 bits per heavy atom. The van der Waals surface area contributed by atoms with Crippen LogP contribution in [0.25, 0.3) is 0 Å². The normalized spacial score (nSPS) is 21.7. The first-order chi connectivity index (χ1) is 10.5. The van der Waals surface area contributed by atoms with Crippen molar-refractivity contribution >= 4 is 29.8 Å². The fourth-order valence-electron chi connectivity index (χ4n) is 2.30. The number of thioether (sulfide) groups is 1. The summed E-state index contributed by atoms with van der Waals surface area (Å²) in [5.74, 6) is 0.661. The monoisotopic (exact) mass is 328 g/mol. The number of ether oxygens (including phenoxy) is 1. The van der Waals surface area contributed by atoms with E-state index in [0.717, 1.165) is 17.9 Å². The van der Waals surface area contributed by atoms with Gasteiger partial charge in [-0.05, 0) is 20.3 Å². The van der Waals surface area contributed by atoms with Gasteiger partial charge in [0, 0.05) is 29.8 Å². The van der Waals surface area contributed by atoms with E-state index in [1.165, 1.54) is 0 Å². The van der Waals surface area contributed by atoms with Crippen LogP contribution in [-0.2, 0) is 23.9 Å². The van der Waals surface area contributed by atoms with Crippen molar-refractivity contribution in [1.82, 2.24) is 10.2 Å². The molecular weight excluding hydrogens is 308 g/mol. The summed E-state index contributed by atoms with van der Waals surface area (Å²) in [7, 11) is 0. The lowest BCUT2D eigenvalue weighted by molar-refractivity contribution is -0.191. The van der Waals surface area contributed by atoms with Crippen LogP contribution in [0.4, 0.5) is 0 Å². The summed E-state index contributed by atoms with van der Waals surface area (Å²) in [6, 6.07) is -0.189. The second-order valence-corrected chi connectivity index (χ2v) is 5.87. The predicted molar refractivity (Wildman–Crippen MR) is 79.5 cm³/mol. The van der Waals surface area contributed by atoms with Crippen LogP contribution < -0.4 is 5.32 Å². The molecule has 0 bridgehead atoms. The van der Waals surface area contributed by atoms with Gasteiger partial charge in [0.05, 0.1) is 12.6 Å². The van der Waals surface area contributed by atoms with Crippen molar-refractivity contribution in [2.75, 3.05) is 18.9 Å². The molecule has 1 amide bonds. The van der Waals surface area contributed by atoms with Gasteiger partial charge in [-0.15, -0.1) is 11.8 Å². The standard InChI is InChI=1S/C13H20N2O3S.CO2/c1-3-18-13(17)10-8-19-11(7-14-10)9(2)15-6-4-5-12(15)16;2-1-3/h7,9-10,14H,3-6,8H2,1-2H3;/t9?,10-;/m0./s1. The van der Waals surface area contributed by atoms with Crippen LogP contribution in [-0.4, -0.2) is 53.9 Å². The molecule has 2 aliphatic rings. The minimum atomic E-state index is -0.282. The molecule has 0 saturated carbocycles. The molecule has 0 aliphatic carbocycles. The van der Waals surface area contributed by atoms with Crippen molar-refractivity contribution in [3.63, 3.8) is 0 Å². The Kier molecular flexibility index (Phi) is 7.70. The lowest BCUT2D eigenvalue weighted by Crippen LogP contribution is -2.42. The highest BCUT2D eigenvalue weighted by Crippen LogP contribution is 2.29. The lowest BCUT2D eigenvalue weighted by Gasteiger charge is -2.30. The zero-order valence-corrected chi connectivity index (χ0v) is 13.5. The Morgan fingerprint density at radius 2 is 2.27 bits per heavy atom. The second kappa shape index (κ2) is 9.27. The van der Waals surface area contributed by atoms with E-state index in [-0.39, 0.29) is 30.1 Å². The molecule has 1 unspecified atom stereocenters. The molecule has 2 rings (SSSR count). The molecule has 0 aromatic carbocycles. The zero-order valence-electron chi connectivity index (χ0n) is 12.7. The second-order valence-electron chi connectivity index (χ2n) is 4.78.